The Balaban J connectivity index is 1.33. The largest absolute Gasteiger partial charge is 0.368 e. The van der Waals surface area contributed by atoms with E-state index in [4.69, 9.17) is 11.6 Å². The predicted octanol–water partition coefficient (Wildman–Crippen LogP) is 2.38. The maximum absolute atomic E-state index is 13.1. The highest BCUT2D eigenvalue weighted by Crippen LogP contribution is 2.21. The van der Waals surface area contributed by atoms with Crippen molar-refractivity contribution >= 4 is 33.2 Å². The van der Waals surface area contributed by atoms with Gasteiger partial charge < -0.3 is 9.80 Å². The van der Waals surface area contributed by atoms with Crippen molar-refractivity contribution in [3.05, 3.63) is 64.7 Å². The Morgan fingerprint density at radius 2 is 1.59 bits per heavy atom. The van der Waals surface area contributed by atoms with E-state index in [1.165, 1.54) is 10.6 Å². The van der Waals surface area contributed by atoms with Crippen LogP contribution in [0.2, 0.25) is 5.02 Å². The molecule has 0 aromatic heterocycles. The van der Waals surface area contributed by atoms with Crippen molar-refractivity contribution in [1.82, 2.24) is 14.1 Å². The van der Waals surface area contributed by atoms with Crippen molar-refractivity contribution in [2.24, 2.45) is 0 Å². The summed E-state index contributed by atoms with van der Waals surface area (Å²) in [6.45, 7) is 6.00. The molecule has 0 radical (unpaired) electrons. The number of sulfonamides is 1. The van der Waals surface area contributed by atoms with E-state index in [-0.39, 0.29) is 5.91 Å². The average Bonchev–Trinajstić information content (AvgIpc) is 2.79. The van der Waals surface area contributed by atoms with Gasteiger partial charge in [0.15, 0.2) is 0 Å². The molecule has 2 aliphatic heterocycles. The number of hydrogen-bond acceptors (Lipinski definition) is 5. The second kappa shape index (κ2) is 9.79. The zero-order valence-corrected chi connectivity index (χ0v) is 19.9. The lowest BCUT2D eigenvalue weighted by Crippen LogP contribution is -2.49. The summed E-state index contributed by atoms with van der Waals surface area (Å²) >= 11 is 6.11. The molecular formula is C23H29ClN4O3S. The molecule has 0 spiro atoms. The summed E-state index contributed by atoms with van der Waals surface area (Å²) < 4.78 is 24.9. The van der Waals surface area contributed by atoms with Gasteiger partial charge in [-0.15, -0.1) is 0 Å². The van der Waals surface area contributed by atoms with Crippen molar-refractivity contribution in [1.29, 1.82) is 0 Å². The van der Waals surface area contributed by atoms with Crippen LogP contribution in [-0.2, 0) is 16.6 Å². The molecule has 0 saturated carbocycles. The van der Waals surface area contributed by atoms with Gasteiger partial charge in [-0.1, -0.05) is 29.8 Å². The van der Waals surface area contributed by atoms with Crippen LogP contribution in [0.1, 0.15) is 15.9 Å². The van der Waals surface area contributed by atoms with Gasteiger partial charge in [-0.05, 0) is 35.9 Å². The lowest BCUT2D eigenvalue weighted by molar-refractivity contribution is 0.0746. The molecule has 2 aliphatic rings. The third kappa shape index (κ3) is 5.61. The minimum atomic E-state index is -3.13. The molecule has 9 heteroatoms. The van der Waals surface area contributed by atoms with Gasteiger partial charge in [-0.25, -0.2) is 8.42 Å². The highest BCUT2D eigenvalue weighted by molar-refractivity contribution is 7.88. The highest BCUT2D eigenvalue weighted by Gasteiger charge is 2.25. The molecule has 0 N–H and O–H groups in total. The molecule has 2 saturated heterocycles. The van der Waals surface area contributed by atoms with Crippen LogP contribution in [0.4, 0.5) is 5.69 Å². The number of hydrogen-bond donors (Lipinski definition) is 0. The number of rotatable bonds is 5. The Hall–Kier alpha value is -2.13. The van der Waals surface area contributed by atoms with Gasteiger partial charge in [0, 0.05) is 75.2 Å². The van der Waals surface area contributed by atoms with E-state index in [0.29, 0.717) is 51.4 Å². The third-order valence-corrected chi connectivity index (χ3v) is 7.66. The summed E-state index contributed by atoms with van der Waals surface area (Å²) in [6, 6.07) is 15.6. The Bertz CT molecular complexity index is 1060. The van der Waals surface area contributed by atoms with Crippen LogP contribution in [0.5, 0.6) is 0 Å². The summed E-state index contributed by atoms with van der Waals surface area (Å²) in [5.74, 6) is 0.0551. The molecule has 172 valence electrons. The first kappa shape index (κ1) is 23.0. The summed E-state index contributed by atoms with van der Waals surface area (Å²) in [7, 11) is -3.13. The van der Waals surface area contributed by atoms with Gasteiger partial charge >= 0.3 is 0 Å². The average molecular weight is 477 g/mol. The van der Waals surface area contributed by atoms with E-state index >= 15 is 0 Å². The molecule has 2 aromatic rings. The number of nitrogens with zero attached hydrogens (tertiary/aromatic N) is 4. The number of carbonyl (C=O) groups excluding carboxylic acids is 1. The summed E-state index contributed by atoms with van der Waals surface area (Å²) in [6.07, 6.45) is 1.26. The van der Waals surface area contributed by atoms with Crippen molar-refractivity contribution in [2.75, 3.05) is 63.5 Å². The minimum Gasteiger partial charge on any atom is -0.368 e. The molecule has 0 atom stereocenters. The van der Waals surface area contributed by atoms with Gasteiger partial charge in [0.05, 0.1) is 6.26 Å². The molecule has 2 heterocycles. The SMILES string of the molecule is CS(=O)(=O)N1CCN(Cc2cccc(C(=O)N3CCN(c4cccc(Cl)c4)CC3)c2)CC1. The van der Waals surface area contributed by atoms with E-state index < -0.39 is 10.0 Å². The standard InChI is InChI=1S/C23H29ClN4O3S/c1-32(30,31)28-14-8-25(9-15-28)18-19-4-2-5-20(16-19)23(29)27-12-10-26(11-13-27)22-7-3-6-21(24)17-22/h2-7,16-17H,8-15,18H2,1H3. The van der Waals surface area contributed by atoms with Crippen LogP contribution >= 0.6 is 11.6 Å². The van der Waals surface area contributed by atoms with Crippen LogP contribution in [0, 0.1) is 0 Å². The molecule has 0 aliphatic carbocycles. The van der Waals surface area contributed by atoms with E-state index in [2.05, 4.69) is 9.80 Å². The first-order valence-electron chi connectivity index (χ1n) is 10.9. The van der Waals surface area contributed by atoms with Gasteiger partial charge in [0.1, 0.15) is 0 Å². The number of piperazine rings is 2. The van der Waals surface area contributed by atoms with E-state index in [1.807, 2.05) is 53.4 Å². The van der Waals surface area contributed by atoms with Crippen molar-refractivity contribution < 1.29 is 13.2 Å². The number of carbonyl (C=O) groups is 1. The molecule has 2 aromatic carbocycles. The van der Waals surface area contributed by atoms with E-state index in [9.17, 15) is 13.2 Å². The Labute approximate surface area is 195 Å². The number of benzene rings is 2. The fourth-order valence-corrected chi connectivity index (χ4v) is 5.31. The molecule has 7 nitrogen and oxygen atoms in total. The first-order valence-corrected chi connectivity index (χ1v) is 13.1. The van der Waals surface area contributed by atoms with Crippen LogP contribution in [-0.4, -0.2) is 87.0 Å². The quantitative estimate of drug-likeness (QED) is 0.663. The van der Waals surface area contributed by atoms with Crippen LogP contribution in [0.25, 0.3) is 0 Å². The van der Waals surface area contributed by atoms with Gasteiger partial charge in [0.25, 0.3) is 5.91 Å². The van der Waals surface area contributed by atoms with Crippen molar-refractivity contribution in [2.45, 2.75) is 6.54 Å². The first-order chi connectivity index (χ1) is 15.3. The monoisotopic (exact) mass is 476 g/mol. The molecule has 1 amide bonds. The summed E-state index contributed by atoms with van der Waals surface area (Å²) in [5.41, 5.74) is 2.86. The lowest BCUT2D eigenvalue weighted by atomic mass is 10.1. The van der Waals surface area contributed by atoms with Gasteiger partial charge in [-0.3, -0.25) is 9.69 Å². The predicted molar refractivity (Wildman–Crippen MR) is 128 cm³/mol. The van der Waals surface area contributed by atoms with Gasteiger partial charge in [0.2, 0.25) is 10.0 Å². The van der Waals surface area contributed by atoms with Crippen LogP contribution in [0.15, 0.2) is 48.5 Å². The zero-order chi connectivity index (χ0) is 22.7. The topological polar surface area (TPSA) is 64.2 Å². The van der Waals surface area contributed by atoms with Crippen molar-refractivity contribution in [3.8, 4) is 0 Å². The molecule has 0 bridgehead atoms. The van der Waals surface area contributed by atoms with Crippen LogP contribution in [0.3, 0.4) is 0 Å². The highest BCUT2D eigenvalue weighted by atomic mass is 35.5. The molecule has 4 rings (SSSR count). The Kier molecular flexibility index (Phi) is 7.05. The molecule has 0 unspecified atom stereocenters. The smallest absolute Gasteiger partial charge is 0.253 e. The third-order valence-electron chi connectivity index (χ3n) is 6.12. The Morgan fingerprint density at radius 3 is 2.25 bits per heavy atom. The van der Waals surface area contributed by atoms with E-state index in [0.717, 1.165) is 29.4 Å². The number of halogens is 1. The zero-order valence-electron chi connectivity index (χ0n) is 18.3. The Morgan fingerprint density at radius 1 is 0.906 bits per heavy atom. The number of anilines is 1. The minimum absolute atomic E-state index is 0.0551. The second-order valence-electron chi connectivity index (χ2n) is 8.40. The molecule has 2 fully saturated rings. The van der Waals surface area contributed by atoms with E-state index in [1.54, 1.807) is 0 Å². The normalized spacial score (nSPS) is 18.7. The molecule has 32 heavy (non-hydrogen) atoms. The fourth-order valence-electron chi connectivity index (χ4n) is 4.30. The second-order valence-corrected chi connectivity index (χ2v) is 10.8. The number of amides is 1. The summed E-state index contributed by atoms with van der Waals surface area (Å²) in [5, 5.41) is 0.718. The maximum atomic E-state index is 13.1. The molecular weight excluding hydrogens is 448 g/mol. The summed E-state index contributed by atoms with van der Waals surface area (Å²) in [4.78, 5) is 19.5. The fraction of sp³-hybridized carbons (Fsp3) is 0.435. The van der Waals surface area contributed by atoms with Crippen LogP contribution < -0.4 is 4.90 Å². The lowest BCUT2D eigenvalue weighted by Gasteiger charge is -2.36. The van der Waals surface area contributed by atoms with Crippen molar-refractivity contribution in [3.63, 3.8) is 0 Å². The maximum Gasteiger partial charge on any atom is 0.253 e. The van der Waals surface area contributed by atoms with Gasteiger partial charge in [-0.2, -0.15) is 4.31 Å².